The van der Waals surface area contributed by atoms with Crippen LogP contribution in [0.25, 0.3) is 22.4 Å². The summed E-state index contributed by atoms with van der Waals surface area (Å²) in [5.74, 6) is 0. The van der Waals surface area contributed by atoms with Gasteiger partial charge in [-0.3, -0.25) is 0 Å². The van der Waals surface area contributed by atoms with E-state index >= 15 is 0 Å². The number of hydrogen-bond donors (Lipinski definition) is 0. The van der Waals surface area contributed by atoms with Gasteiger partial charge in [0.25, 0.3) is 0 Å². The first-order valence-electron chi connectivity index (χ1n) is 8.27. The summed E-state index contributed by atoms with van der Waals surface area (Å²) >= 11 is 0. The Kier molecular flexibility index (Phi) is 4.29. The summed E-state index contributed by atoms with van der Waals surface area (Å²) in [7, 11) is 0. The number of hydrogen-bond acceptors (Lipinski definition) is 0. The highest BCUT2D eigenvalue weighted by atomic mass is 15.0. The smallest absolute Gasteiger partial charge is 0.196 e. The van der Waals surface area contributed by atoms with Crippen LogP contribution in [0.2, 0.25) is 0 Å². The van der Waals surface area contributed by atoms with Crippen molar-refractivity contribution in [1.82, 2.24) is 0 Å². The Balaban J connectivity index is 2.17. The molecule has 23 heavy (non-hydrogen) atoms. The number of aromatic nitrogens is 1. The molecule has 1 heteroatoms. The van der Waals surface area contributed by atoms with Crippen LogP contribution in [0.3, 0.4) is 0 Å². The molecule has 0 aliphatic heterocycles. The highest BCUT2D eigenvalue weighted by Crippen LogP contribution is 2.25. The van der Waals surface area contributed by atoms with Gasteiger partial charge in [-0.05, 0) is 44.0 Å². The van der Waals surface area contributed by atoms with E-state index in [2.05, 4.69) is 92.9 Å². The van der Waals surface area contributed by atoms with Gasteiger partial charge in [-0.2, -0.15) is 4.57 Å². The van der Waals surface area contributed by atoms with Gasteiger partial charge in [0.1, 0.15) is 6.54 Å². The zero-order valence-electron chi connectivity index (χ0n) is 14.4. The molecule has 1 nitrogen and oxygen atoms in total. The van der Waals surface area contributed by atoms with E-state index in [1.54, 1.807) is 0 Å². The number of rotatable bonds is 3. The molecule has 1 heterocycles. The van der Waals surface area contributed by atoms with Crippen molar-refractivity contribution in [2.75, 3.05) is 0 Å². The second-order valence-electron chi connectivity index (χ2n) is 6.25. The molecule has 3 aromatic rings. The minimum absolute atomic E-state index is 0.975. The molecule has 0 fully saturated rings. The minimum atomic E-state index is 0.975. The minimum Gasteiger partial charge on any atom is -0.196 e. The largest absolute Gasteiger partial charge is 0.213 e. The second-order valence-corrected chi connectivity index (χ2v) is 6.25. The van der Waals surface area contributed by atoms with Crippen molar-refractivity contribution in [3.63, 3.8) is 0 Å². The van der Waals surface area contributed by atoms with Crippen LogP contribution in [0, 0.1) is 20.8 Å². The molecule has 0 saturated carbocycles. The lowest BCUT2D eigenvalue weighted by molar-refractivity contribution is -0.688. The van der Waals surface area contributed by atoms with Gasteiger partial charge in [-0.1, -0.05) is 47.5 Å². The predicted octanol–water partition coefficient (Wildman–Crippen LogP) is 5.25. The molecule has 0 radical (unpaired) electrons. The van der Waals surface area contributed by atoms with Gasteiger partial charge in [0.2, 0.25) is 5.69 Å². The van der Waals surface area contributed by atoms with Gasteiger partial charge < -0.3 is 0 Å². The fourth-order valence-corrected chi connectivity index (χ4v) is 3.06. The molecule has 0 N–H and O–H groups in total. The molecular weight excluding hydrogens is 278 g/mol. The monoisotopic (exact) mass is 302 g/mol. The summed E-state index contributed by atoms with van der Waals surface area (Å²) < 4.78 is 2.38. The maximum absolute atomic E-state index is 2.38. The highest BCUT2D eigenvalue weighted by molar-refractivity contribution is 5.69. The molecule has 0 spiro atoms. The van der Waals surface area contributed by atoms with Gasteiger partial charge in [0.05, 0.1) is 0 Å². The molecule has 0 saturated heterocycles. The van der Waals surface area contributed by atoms with Crippen LogP contribution in [0.5, 0.6) is 0 Å². The van der Waals surface area contributed by atoms with Gasteiger partial charge in [0.15, 0.2) is 5.69 Å². The van der Waals surface area contributed by atoms with E-state index in [1.165, 1.54) is 39.2 Å². The van der Waals surface area contributed by atoms with Gasteiger partial charge in [-0.15, -0.1) is 0 Å². The van der Waals surface area contributed by atoms with Gasteiger partial charge in [0, 0.05) is 24.6 Å². The molecule has 116 valence electrons. The Bertz CT molecular complexity index is 812. The van der Waals surface area contributed by atoms with E-state index in [0.717, 1.165) is 6.54 Å². The van der Waals surface area contributed by atoms with Crippen molar-refractivity contribution in [3.05, 3.63) is 77.5 Å². The maximum Gasteiger partial charge on any atom is 0.213 e. The Morgan fingerprint density at radius 3 is 1.70 bits per heavy atom. The van der Waals surface area contributed by atoms with E-state index in [9.17, 15) is 0 Å². The molecule has 0 aliphatic carbocycles. The fraction of sp³-hybridized carbons (Fsp3) is 0.227. The Hall–Kier alpha value is -2.41. The van der Waals surface area contributed by atoms with Crippen molar-refractivity contribution in [3.8, 4) is 22.4 Å². The molecule has 1 aromatic heterocycles. The SMILES string of the molecule is CC[n+]1c(C)cc(-c2ccc(C)cc2)cc1-c1ccc(C)cc1. The third-order valence-corrected chi connectivity index (χ3v) is 4.42. The third-order valence-electron chi connectivity index (χ3n) is 4.42. The van der Waals surface area contributed by atoms with Crippen molar-refractivity contribution in [2.45, 2.75) is 34.2 Å². The first kappa shape index (κ1) is 15.5. The average Bonchev–Trinajstić information content (AvgIpc) is 2.55. The summed E-state index contributed by atoms with van der Waals surface area (Å²) in [6.07, 6.45) is 0. The summed E-state index contributed by atoms with van der Waals surface area (Å²) in [5, 5.41) is 0. The van der Waals surface area contributed by atoms with Crippen molar-refractivity contribution in [1.29, 1.82) is 0 Å². The summed E-state index contributed by atoms with van der Waals surface area (Å²) in [6.45, 7) is 9.63. The first-order valence-corrected chi connectivity index (χ1v) is 8.27. The lowest BCUT2D eigenvalue weighted by atomic mass is 10.00. The fourth-order valence-electron chi connectivity index (χ4n) is 3.06. The van der Waals surface area contributed by atoms with Gasteiger partial charge >= 0.3 is 0 Å². The van der Waals surface area contributed by atoms with Gasteiger partial charge in [-0.25, -0.2) is 0 Å². The van der Waals surface area contributed by atoms with E-state index in [-0.39, 0.29) is 0 Å². The standard InChI is InChI=1S/C22H24N/c1-5-23-18(4)14-21(19-10-6-16(2)7-11-19)15-22(23)20-12-8-17(3)9-13-20/h6-15H,5H2,1-4H3/q+1. The molecule has 0 amide bonds. The predicted molar refractivity (Wildman–Crippen MR) is 97.4 cm³/mol. The lowest BCUT2D eigenvalue weighted by Crippen LogP contribution is -2.38. The Morgan fingerprint density at radius 1 is 0.652 bits per heavy atom. The molecule has 0 aliphatic rings. The molecule has 0 unspecified atom stereocenters. The van der Waals surface area contributed by atoms with Crippen LogP contribution in [-0.4, -0.2) is 0 Å². The summed E-state index contributed by atoms with van der Waals surface area (Å²) in [4.78, 5) is 0. The highest BCUT2D eigenvalue weighted by Gasteiger charge is 2.17. The van der Waals surface area contributed by atoms with Crippen molar-refractivity contribution < 1.29 is 4.57 Å². The van der Waals surface area contributed by atoms with E-state index < -0.39 is 0 Å². The van der Waals surface area contributed by atoms with Crippen LogP contribution in [0.15, 0.2) is 60.7 Å². The average molecular weight is 302 g/mol. The van der Waals surface area contributed by atoms with Crippen LogP contribution in [0.4, 0.5) is 0 Å². The molecular formula is C22H24N+. The van der Waals surface area contributed by atoms with E-state index in [0.29, 0.717) is 0 Å². The number of pyridine rings is 1. The van der Waals surface area contributed by atoms with E-state index in [4.69, 9.17) is 0 Å². The Labute approximate surface area is 139 Å². The van der Waals surface area contributed by atoms with Crippen LogP contribution in [-0.2, 0) is 6.54 Å². The van der Waals surface area contributed by atoms with E-state index in [1.807, 2.05) is 0 Å². The third kappa shape index (κ3) is 3.19. The first-order chi connectivity index (χ1) is 11.1. The lowest BCUT2D eigenvalue weighted by Gasteiger charge is -2.10. The Morgan fingerprint density at radius 2 is 1.17 bits per heavy atom. The normalized spacial score (nSPS) is 10.8. The summed E-state index contributed by atoms with van der Waals surface area (Å²) in [6, 6.07) is 22.2. The number of benzene rings is 2. The molecule has 2 aromatic carbocycles. The molecule has 0 bridgehead atoms. The molecule has 3 rings (SSSR count). The van der Waals surface area contributed by atoms with Crippen molar-refractivity contribution >= 4 is 0 Å². The summed E-state index contributed by atoms with van der Waals surface area (Å²) in [5.41, 5.74) is 8.99. The number of aryl methyl sites for hydroxylation is 3. The quantitative estimate of drug-likeness (QED) is 0.582. The van der Waals surface area contributed by atoms with Crippen LogP contribution in [0.1, 0.15) is 23.7 Å². The molecule has 0 atom stereocenters. The van der Waals surface area contributed by atoms with Crippen LogP contribution >= 0.6 is 0 Å². The zero-order chi connectivity index (χ0) is 16.4. The second kappa shape index (κ2) is 6.37. The zero-order valence-corrected chi connectivity index (χ0v) is 14.4. The number of nitrogens with zero attached hydrogens (tertiary/aromatic N) is 1. The maximum atomic E-state index is 2.38. The topological polar surface area (TPSA) is 3.88 Å². The van der Waals surface area contributed by atoms with Crippen molar-refractivity contribution in [2.24, 2.45) is 0 Å². The van der Waals surface area contributed by atoms with Crippen LogP contribution < -0.4 is 4.57 Å².